The fourth-order valence-corrected chi connectivity index (χ4v) is 2.20. The molecule has 0 aromatic heterocycles. The maximum absolute atomic E-state index is 11.8. The Morgan fingerprint density at radius 3 is 1.76 bits per heavy atom. The summed E-state index contributed by atoms with van der Waals surface area (Å²) < 4.78 is 10.6. The number of rotatable bonds is 7. The smallest absolute Gasteiger partial charge is 0.314 e. The summed E-state index contributed by atoms with van der Waals surface area (Å²) in [6.45, 7) is 5.75. The molecule has 4 heteroatoms. The summed E-state index contributed by atoms with van der Waals surface area (Å²) in [6.07, 6.45) is 1.94. The van der Waals surface area contributed by atoms with E-state index in [0.717, 1.165) is 24.0 Å². The predicted molar refractivity (Wildman–Crippen MR) is 97.5 cm³/mol. The van der Waals surface area contributed by atoms with Crippen molar-refractivity contribution in [3.63, 3.8) is 0 Å². The van der Waals surface area contributed by atoms with E-state index in [1.165, 1.54) is 0 Å². The Bertz CT molecular complexity index is 702. The fraction of sp³-hybridized carbons (Fsp3) is 0.333. The van der Waals surface area contributed by atoms with Gasteiger partial charge in [-0.05, 0) is 48.2 Å². The van der Waals surface area contributed by atoms with Crippen LogP contribution in [0.15, 0.2) is 48.5 Å². The molecule has 4 nitrogen and oxygen atoms in total. The lowest BCUT2D eigenvalue weighted by atomic mass is 10.1. The second-order valence-corrected chi connectivity index (χ2v) is 6.00. The molecule has 1 atom stereocenters. The van der Waals surface area contributed by atoms with E-state index in [9.17, 15) is 9.59 Å². The van der Waals surface area contributed by atoms with Gasteiger partial charge in [0.05, 0.1) is 5.92 Å². The topological polar surface area (TPSA) is 52.6 Å². The van der Waals surface area contributed by atoms with E-state index in [1.807, 2.05) is 45.0 Å². The van der Waals surface area contributed by atoms with Gasteiger partial charge in [-0.3, -0.25) is 9.59 Å². The molecule has 2 aromatic rings. The van der Waals surface area contributed by atoms with Crippen LogP contribution in [0.1, 0.15) is 40.0 Å². The molecule has 0 spiro atoms. The van der Waals surface area contributed by atoms with Crippen LogP contribution in [0.3, 0.4) is 0 Å². The minimum atomic E-state index is -0.220. The van der Waals surface area contributed by atoms with Gasteiger partial charge in [0, 0.05) is 6.42 Å². The molecule has 0 heterocycles. The van der Waals surface area contributed by atoms with Crippen molar-refractivity contribution in [2.45, 2.75) is 40.0 Å². The Kier molecular flexibility index (Phi) is 6.75. The number of hydrogen-bond acceptors (Lipinski definition) is 4. The zero-order valence-corrected chi connectivity index (χ0v) is 15.0. The molecule has 2 aromatic carbocycles. The Morgan fingerprint density at radius 1 is 0.840 bits per heavy atom. The van der Waals surface area contributed by atoms with Crippen LogP contribution in [0.2, 0.25) is 0 Å². The molecule has 0 aliphatic carbocycles. The summed E-state index contributed by atoms with van der Waals surface area (Å²) >= 11 is 0. The van der Waals surface area contributed by atoms with Crippen LogP contribution >= 0.6 is 0 Å². The van der Waals surface area contributed by atoms with E-state index in [0.29, 0.717) is 17.9 Å². The summed E-state index contributed by atoms with van der Waals surface area (Å²) in [4.78, 5) is 23.3. The van der Waals surface area contributed by atoms with Crippen LogP contribution in [-0.4, -0.2) is 11.9 Å². The van der Waals surface area contributed by atoms with Crippen molar-refractivity contribution in [1.29, 1.82) is 0 Å². The van der Waals surface area contributed by atoms with E-state index in [-0.39, 0.29) is 17.9 Å². The Morgan fingerprint density at radius 2 is 1.32 bits per heavy atom. The zero-order valence-electron chi connectivity index (χ0n) is 15.0. The largest absolute Gasteiger partial charge is 0.427 e. The summed E-state index contributed by atoms with van der Waals surface area (Å²) in [5.41, 5.74) is 1.99. The van der Waals surface area contributed by atoms with Gasteiger partial charge in [0.2, 0.25) is 0 Å². The fourth-order valence-electron chi connectivity index (χ4n) is 2.20. The quantitative estimate of drug-likeness (QED) is 0.525. The van der Waals surface area contributed by atoms with E-state index in [4.69, 9.17) is 9.47 Å². The highest BCUT2D eigenvalue weighted by molar-refractivity contribution is 5.75. The third-order valence-corrected chi connectivity index (χ3v) is 3.96. The third kappa shape index (κ3) is 5.45. The maximum atomic E-state index is 11.8. The summed E-state index contributed by atoms with van der Waals surface area (Å²) in [5, 5.41) is 0. The Hall–Kier alpha value is -2.62. The van der Waals surface area contributed by atoms with Crippen molar-refractivity contribution in [3.8, 4) is 22.6 Å². The van der Waals surface area contributed by atoms with Crippen molar-refractivity contribution >= 4 is 11.9 Å². The van der Waals surface area contributed by atoms with Gasteiger partial charge in [0.1, 0.15) is 11.5 Å². The summed E-state index contributed by atoms with van der Waals surface area (Å²) in [6, 6.07) is 14.7. The van der Waals surface area contributed by atoms with Crippen molar-refractivity contribution in [2.24, 2.45) is 5.92 Å². The molecule has 0 aliphatic heterocycles. The van der Waals surface area contributed by atoms with Crippen LogP contribution in [0.4, 0.5) is 0 Å². The molecule has 0 bridgehead atoms. The molecule has 0 fully saturated rings. The highest BCUT2D eigenvalue weighted by atomic mass is 16.5. The van der Waals surface area contributed by atoms with Gasteiger partial charge in [-0.2, -0.15) is 0 Å². The number of carbonyl (C=O) groups excluding carboxylic acids is 2. The first-order valence-corrected chi connectivity index (χ1v) is 8.66. The number of hydrogen-bond donors (Lipinski definition) is 0. The molecule has 132 valence electrons. The molecule has 2 rings (SSSR count). The molecule has 1 unspecified atom stereocenters. The maximum Gasteiger partial charge on any atom is 0.314 e. The van der Waals surface area contributed by atoms with E-state index in [2.05, 4.69) is 0 Å². The number of carbonyl (C=O) groups is 2. The van der Waals surface area contributed by atoms with Crippen LogP contribution in [0.5, 0.6) is 11.5 Å². The molecule has 25 heavy (non-hydrogen) atoms. The number of benzene rings is 2. The first-order chi connectivity index (χ1) is 12.0. The molecule has 0 N–H and O–H groups in total. The van der Waals surface area contributed by atoms with Gasteiger partial charge in [-0.15, -0.1) is 0 Å². The van der Waals surface area contributed by atoms with Crippen molar-refractivity contribution < 1.29 is 19.1 Å². The molecule has 0 saturated carbocycles. The molecular weight excluding hydrogens is 316 g/mol. The molecule has 0 amide bonds. The van der Waals surface area contributed by atoms with Crippen LogP contribution in [0, 0.1) is 5.92 Å². The van der Waals surface area contributed by atoms with Gasteiger partial charge >= 0.3 is 11.9 Å². The average Bonchev–Trinajstić information content (AvgIpc) is 2.62. The first-order valence-electron chi connectivity index (χ1n) is 8.66. The standard InChI is InChI=1S/C21H24O4/c1-4-6-20(22)24-18-11-7-16(8-12-18)17-9-13-19(14-10-17)25-21(23)15(3)5-2/h7-15H,4-6H2,1-3H3. The number of ether oxygens (including phenoxy) is 2. The van der Waals surface area contributed by atoms with Crippen molar-refractivity contribution in [3.05, 3.63) is 48.5 Å². The highest BCUT2D eigenvalue weighted by Gasteiger charge is 2.13. The summed E-state index contributed by atoms with van der Waals surface area (Å²) in [5.74, 6) is 0.541. The van der Waals surface area contributed by atoms with E-state index in [1.54, 1.807) is 24.3 Å². The Labute approximate surface area is 148 Å². The third-order valence-electron chi connectivity index (χ3n) is 3.96. The number of esters is 2. The molecule has 0 saturated heterocycles. The van der Waals surface area contributed by atoms with Gasteiger partial charge in [0.25, 0.3) is 0 Å². The van der Waals surface area contributed by atoms with Gasteiger partial charge in [0.15, 0.2) is 0 Å². The van der Waals surface area contributed by atoms with Crippen LogP contribution < -0.4 is 9.47 Å². The first kappa shape index (κ1) is 18.7. The second-order valence-electron chi connectivity index (χ2n) is 6.00. The molecule has 0 radical (unpaired) electrons. The monoisotopic (exact) mass is 340 g/mol. The minimum absolute atomic E-state index is 0.109. The van der Waals surface area contributed by atoms with Gasteiger partial charge in [-0.1, -0.05) is 45.0 Å². The van der Waals surface area contributed by atoms with E-state index < -0.39 is 0 Å². The molecular formula is C21H24O4. The lowest BCUT2D eigenvalue weighted by Gasteiger charge is -2.10. The highest BCUT2D eigenvalue weighted by Crippen LogP contribution is 2.25. The van der Waals surface area contributed by atoms with Crippen molar-refractivity contribution in [2.75, 3.05) is 0 Å². The van der Waals surface area contributed by atoms with Crippen molar-refractivity contribution in [1.82, 2.24) is 0 Å². The molecule has 0 aliphatic rings. The normalized spacial score (nSPS) is 11.6. The lowest BCUT2D eigenvalue weighted by Crippen LogP contribution is -2.16. The van der Waals surface area contributed by atoms with Crippen LogP contribution in [-0.2, 0) is 9.59 Å². The average molecular weight is 340 g/mol. The zero-order chi connectivity index (χ0) is 18.2. The second kappa shape index (κ2) is 9.02. The van der Waals surface area contributed by atoms with E-state index >= 15 is 0 Å². The predicted octanol–water partition coefficient (Wildman–Crippen LogP) is 5.01. The van der Waals surface area contributed by atoms with Gasteiger partial charge in [-0.25, -0.2) is 0 Å². The minimum Gasteiger partial charge on any atom is -0.427 e. The Balaban J connectivity index is 2.02. The lowest BCUT2D eigenvalue weighted by molar-refractivity contribution is -0.138. The van der Waals surface area contributed by atoms with Gasteiger partial charge < -0.3 is 9.47 Å². The van der Waals surface area contributed by atoms with Crippen LogP contribution in [0.25, 0.3) is 11.1 Å². The summed E-state index contributed by atoms with van der Waals surface area (Å²) in [7, 11) is 0. The SMILES string of the molecule is CCCC(=O)Oc1ccc(-c2ccc(OC(=O)C(C)CC)cc2)cc1.